The van der Waals surface area contributed by atoms with E-state index in [1.54, 1.807) is 31.4 Å². The average Bonchev–Trinajstić information content (AvgIpc) is 2.93. The summed E-state index contributed by atoms with van der Waals surface area (Å²) in [6.07, 6.45) is 1.46. The Morgan fingerprint density at radius 3 is 2.54 bits per heavy atom. The van der Waals surface area contributed by atoms with Gasteiger partial charge in [0.15, 0.2) is 11.5 Å². The number of amides is 2. The van der Waals surface area contributed by atoms with Crippen LogP contribution in [0.5, 0.6) is 11.5 Å². The van der Waals surface area contributed by atoms with Gasteiger partial charge < -0.3 is 14.8 Å². The lowest BCUT2D eigenvalue weighted by molar-refractivity contribution is -0.384. The minimum absolute atomic E-state index is 0.102. The molecule has 0 fully saturated rings. The molecule has 0 unspecified atom stereocenters. The van der Waals surface area contributed by atoms with Crippen LogP contribution in [0.15, 0.2) is 71.8 Å². The van der Waals surface area contributed by atoms with Crippen molar-refractivity contribution in [3.8, 4) is 11.5 Å². The molecule has 0 bridgehead atoms. The molecule has 3 aromatic rings. The number of nitro groups is 1. The molecule has 1 aliphatic rings. The highest BCUT2D eigenvalue weighted by atomic mass is 16.6. The van der Waals surface area contributed by atoms with E-state index >= 15 is 0 Å². The predicted molar refractivity (Wildman–Crippen MR) is 138 cm³/mol. The van der Waals surface area contributed by atoms with Crippen molar-refractivity contribution >= 4 is 28.9 Å². The number of ether oxygens (including phenoxy) is 2. The van der Waals surface area contributed by atoms with Gasteiger partial charge in [0, 0.05) is 41.1 Å². The number of hydrogen-bond acceptors (Lipinski definition) is 7. The van der Waals surface area contributed by atoms with E-state index in [0.29, 0.717) is 42.3 Å². The number of non-ortho nitro benzene ring substituents is 1. The molecule has 10 nitrogen and oxygen atoms in total. The third kappa shape index (κ3) is 5.92. The smallest absolute Gasteiger partial charge is 0.274 e. The highest BCUT2D eigenvalue weighted by Crippen LogP contribution is 2.30. The standard InChI is InChI=1S/C27H26N4O6/c1-3-37-25-17-19(11-14-24(25)36-2)23-8-5-15-30(29-23)27(33)20-6-4-7-21(16-20)28-26(32)18-9-12-22(13-10-18)31(34)35/h4,6-7,9-14,16-17H,3,5,8,15H2,1-2H3,(H,28,32). The van der Waals surface area contributed by atoms with Crippen LogP contribution in [-0.2, 0) is 0 Å². The number of carbonyl (C=O) groups is 2. The van der Waals surface area contributed by atoms with E-state index in [-0.39, 0.29) is 17.2 Å². The van der Waals surface area contributed by atoms with Crippen molar-refractivity contribution in [3.05, 3.63) is 93.5 Å². The van der Waals surface area contributed by atoms with Crippen LogP contribution in [-0.4, -0.2) is 47.7 Å². The van der Waals surface area contributed by atoms with Crippen LogP contribution in [0.2, 0.25) is 0 Å². The van der Waals surface area contributed by atoms with Gasteiger partial charge in [-0.2, -0.15) is 5.10 Å². The molecule has 3 aromatic carbocycles. The van der Waals surface area contributed by atoms with E-state index in [9.17, 15) is 19.7 Å². The Labute approximate surface area is 213 Å². The lowest BCUT2D eigenvalue weighted by Gasteiger charge is -2.24. The maximum atomic E-state index is 13.3. The highest BCUT2D eigenvalue weighted by Gasteiger charge is 2.22. The number of hydrogen-bond donors (Lipinski definition) is 1. The van der Waals surface area contributed by atoms with Crippen LogP contribution >= 0.6 is 0 Å². The molecule has 4 rings (SSSR count). The number of nitrogens with zero attached hydrogens (tertiary/aromatic N) is 3. The maximum absolute atomic E-state index is 13.3. The van der Waals surface area contributed by atoms with Crippen molar-refractivity contribution < 1.29 is 24.0 Å². The fourth-order valence-electron chi connectivity index (χ4n) is 3.93. The van der Waals surface area contributed by atoms with E-state index < -0.39 is 10.8 Å². The van der Waals surface area contributed by atoms with Crippen molar-refractivity contribution in [2.75, 3.05) is 25.6 Å². The average molecular weight is 503 g/mol. The van der Waals surface area contributed by atoms with Gasteiger partial charge in [0.1, 0.15) is 0 Å². The summed E-state index contributed by atoms with van der Waals surface area (Å²) >= 11 is 0. The first-order chi connectivity index (χ1) is 17.9. The lowest BCUT2D eigenvalue weighted by atomic mass is 10.0. The quantitative estimate of drug-likeness (QED) is 0.345. The second-order valence-corrected chi connectivity index (χ2v) is 8.22. The van der Waals surface area contributed by atoms with E-state index in [1.165, 1.54) is 29.3 Å². The first-order valence-corrected chi connectivity index (χ1v) is 11.8. The number of anilines is 1. The number of hydrazone groups is 1. The van der Waals surface area contributed by atoms with Crippen molar-refractivity contribution in [3.63, 3.8) is 0 Å². The molecule has 190 valence electrons. The largest absolute Gasteiger partial charge is 0.493 e. The Morgan fingerprint density at radius 2 is 1.84 bits per heavy atom. The molecule has 0 aromatic heterocycles. The molecule has 1 aliphatic heterocycles. The molecule has 0 atom stereocenters. The zero-order valence-electron chi connectivity index (χ0n) is 20.5. The van der Waals surface area contributed by atoms with E-state index in [2.05, 4.69) is 10.4 Å². The topological polar surface area (TPSA) is 123 Å². The van der Waals surface area contributed by atoms with Gasteiger partial charge in [0.25, 0.3) is 17.5 Å². The summed E-state index contributed by atoms with van der Waals surface area (Å²) in [6, 6.07) is 17.4. The van der Waals surface area contributed by atoms with Gasteiger partial charge in [-0.15, -0.1) is 0 Å². The van der Waals surface area contributed by atoms with Gasteiger partial charge in [-0.1, -0.05) is 6.07 Å². The Bertz CT molecular complexity index is 1350. The van der Waals surface area contributed by atoms with Gasteiger partial charge in [-0.3, -0.25) is 19.7 Å². The van der Waals surface area contributed by atoms with Crippen LogP contribution in [0.25, 0.3) is 0 Å². The number of carbonyl (C=O) groups excluding carboxylic acids is 2. The molecule has 0 saturated carbocycles. The fraction of sp³-hybridized carbons (Fsp3) is 0.222. The molecule has 0 aliphatic carbocycles. The molecule has 1 N–H and O–H groups in total. The number of benzene rings is 3. The number of nitro benzene ring substituents is 1. The lowest BCUT2D eigenvalue weighted by Crippen LogP contribution is -2.32. The van der Waals surface area contributed by atoms with Crippen molar-refractivity contribution in [2.24, 2.45) is 5.10 Å². The van der Waals surface area contributed by atoms with Crippen LogP contribution in [0.3, 0.4) is 0 Å². The molecule has 0 saturated heterocycles. The summed E-state index contributed by atoms with van der Waals surface area (Å²) in [5, 5.41) is 19.6. The number of nitrogens with one attached hydrogen (secondary N) is 1. The molecule has 0 spiro atoms. The Hall–Kier alpha value is -4.73. The van der Waals surface area contributed by atoms with Gasteiger partial charge >= 0.3 is 0 Å². The summed E-state index contributed by atoms with van der Waals surface area (Å²) in [4.78, 5) is 36.1. The van der Waals surface area contributed by atoms with E-state index in [4.69, 9.17) is 9.47 Å². The minimum atomic E-state index is -0.530. The highest BCUT2D eigenvalue weighted by molar-refractivity contribution is 6.06. The Morgan fingerprint density at radius 1 is 1.05 bits per heavy atom. The maximum Gasteiger partial charge on any atom is 0.274 e. The molecule has 2 amide bonds. The SMILES string of the molecule is CCOc1cc(C2=NN(C(=O)c3cccc(NC(=O)c4ccc([N+](=O)[O-])cc4)c3)CCC2)ccc1OC. The Kier molecular flexibility index (Phi) is 7.77. The van der Waals surface area contributed by atoms with Crippen molar-refractivity contribution in [1.82, 2.24) is 5.01 Å². The Balaban J connectivity index is 1.50. The van der Waals surface area contributed by atoms with Crippen LogP contribution in [0.1, 0.15) is 46.0 Å². The zero-order chi connectivity index (χ0) is 26.4. The normalized spacial score (nSPS) is 12.9. The summed E-state index contributed by atoms with van der Waals surface area (Å²) in [6.45, 7) is 2.86. The monoisotopic (exact) mass is 502 g/mol. The second-order valence-electron chi connectivity index (χ2n) is 8.22. The first kappa shape index (κ1) is 25.4. The van der Waals surface area contributed by atoms with Crippen LogP contribution in [0.4, 0.5) is 11.4 Å². The molecule has 1 heterocycles. The van der Waals surface area contributed by atoms with E-state index in [0.717, 1.165) is 17.7 Å². The summed E-state index contributed by atoms with van der Waals surface area (Å²) in [5.41, 5.74) is 2.58. The number of rotatable bonds is 8. The van der Waals surface area contributed by atoms with Crippen molar-refractivity contribution in [1.29, 1.82) is 0 Å². The third-order valence-electron chi connectivity index (χ3n) is 5.76. The molecular formula is C27H26N4O6. The molecular weight excluding hydrogens is 476 g/mol. The predicted octanol–water partition coefficient (Wildman–Crippen LogP) is 4.89. The van der Waals surface area contributed by atoms with Crippen molar-refractivity contribution in [2.45, 2.75) is 19.8 Å². The zero-order valence-corrected chi connectivity index (χ0v) is 20.5. The summed E-state index contributed by atoms with van der Waals surface area (Å²) < 4.78 is 11.0. The third-order valence-corrected chi connectivity index (χ3v) is 5.76. The van der Waals surface area contributed by atoms with E-state index in [1.807, 2.05) is 25.1 Å². The summed E-state index contributed by atoms with van der Waals surface area (Å²) in [7, 11) is 1.58. The van der Waals surface area contributed by atoms with Gasteiger partial charge in [-0.05, 0) is 68.3 Å². The number of methoxy groups -OCH3 is 1. The molecule has 0 radical (unpaired) electrons. The van der Waals surface area contributed by atoms with Gasteiger partial charge in [0.05, 0.1) is 24.4 Å². The summed E-state index contributed by atoms with van der Waals surface area (Å²) in [5.74, 6) is 0.511. The van der Waals surface area contributed by atoms with Crippen LogP contribution in [0, 0.1) is 10.1 Å². The fourth-order valence-corrected chi connectivity index (χ4v) is 3.93. The molecule has 10 heteroatoms. The van der Waals surface area contributed by atoms with Gasteiger partial charge in [-0.25, -0.2) is 5.01 Å². The van der Waals surface area contributed by atoms with Gasteiger partial charge in [0.2, 0.25) is 0 Å². The van der Waals surface area contributed by atoms with Crippen LogP contribution < -0.4 is 14.8 Å². The first-order valence-electron chi connectivity index (χ1n) is 11.8. The minimum Gasteiger partial charge on any atom is -0.493 e. The molecule has 37 heavy (non-hydrogen) atoms. The second kappa shape index (κ2) is 11.3.